The fourth-order valence-corrected chi connectivity index (χ4v) is 3.41. The van der Waals surface area contributed by atoms with Crippen LogP contribution in [0.15, 0.2) is 41.3 Å². The number of thioether (sulfide) groups is 1. The average Bonchev–Trinajstić information content (AvgIpc) is 2.57. The zero-order valence-corrected chi connectivity index (χ0v) is 16.7. The van der Waals surface area contributed by atoms with Crippen molar-refractivity contribution in [2.24, 2.45) is 0 Å². The number of rotatable bonds is 6. The number of hydrogen-bond donors (Lipinski definition) is 1. The van der Waals surface area contributed by atoms with E-state index in [4.69, 9.17) is 4.74 Å². The molecule has 0 aliphatic rings. The second-order valence-electron chi connectivity index (χ2n) is 6.45. The van der Waals surface area contributed by atoms with Gasteiger partial charge in [0, 0.05) is 10.6 Å². The molecule has 0 radical (unpaired) electrons. The first kappa shape index (κ1) is 20.0. The minimum absolute atomic E-state index is 0.172. The van der Waals surface area contributed by atoms with Crippen molar-refractivity contribution in [1.29, 1.82) is 0 Å². The summed E-state index contributed by atoms with van der Waals surface area (Å²) in [5.74, 6) is -0.559. The second-order valence-corrected chi connectivity index (χ2v) is 7.46. The molecule has 1 N–H and O–H groups in total. The summed E-state index contributed by atoms with van der Waals surface area (Å²) in [6.45, 7) is 9.50. The van der Waals surface area contributed by atoms with Gasteiger partial charge in [-0.25, -0.2) is 0 Å². The Bertz CT molecular complexity index is 797. The zero-order chi connectivity index (χ0) is 19.3. The SMILES string of the molecule is Cc1ccc(SCC(=O)O[C@@H](C)C(=O)Nc2c(C)cccc2C)c(C)c1. The molecule has 0 saturated carbocycles. The molecule has 0 aliphatic heterocycles. The highest BCUT2D eigenvalue weighted by Gasteiger charge is 2.19. The maximum atomic E-state index is 12.3. The second kappa shape index (κ2) is 8.90. The molecule has 1 amide bonds. The fraction of sp³-hybridized carbons (Fsp3) is 0.333. The number of carbonyl (C=O) groups is 2. The number of benzene rings is 2. The summed E-state index contributed by atoms with van der Waals surface area (Å²) in [6, 6.07) is 11.9. The van der Waals surface area contributed by atoms with E-state index in [2.05, 4.69) is 11.4 Å². The Kier molecular flexibility index (Phi) is 6.86. The van der Waals surface area contributed by atoms with Crippen LogP contribution >= 0.6 is 11.8 Å². The molecule has 2 rings (SSSR count). The molecule has 26 heavy (non-hydrogen) atoms. The predicted molar refractivity (Wildman–Crippen MR) is 107 cm³/mol. The number of hydrogen-bond acceptors (Lipinski definition) is 4. The molecule has 0 aliphatic carbocycles. The van der Waals surface area contributed by atoms with Crippen LogP contribution in [0.1, 0.15) is 29.2 Å². The van der Waals surface area contributed by atoms with Gasteiger partial charge in [-0.2, -0.15) is 0 Å². The topological polar surface area (TPSA) is 55.4 Å². The number of aryl methyl sites for hydroxylation is 4. The largest absolute Gasteiger partial charge is 0.452 e. The molecule has 2 aromatic rings. The van der Waals surface area contributed by atoms with E-state index in [1.54, 1.807) is 6.92 Å². The van der Waals surface area contributed by atoms with Gasteiger partial charge in [0.25, 0.3) is 5.91 Å². The molecular formula is C21H25NO3S. The summed E-state index contributed by atoms with van der Waals surface area (Å²) in [6.07, 6.45) is -0.846. The lowest BCUT2D eigenvalue weighted by atomic mass is 10.1. The molecule has 0 heterocycles. The third-order valence-electron chi connectivity index (χ3n) is 4.08. The summed E-state index contributed by atoms with van der Waals surface area (Å²) in [5.41, 5.74) is 5.03. The highest BCUT2D eigenvalue weighted by molar-refractivity contribution is 8.00. The van der Waals surface area contributed by atoms with Crippen LogP contribution in [0.4, 0.5) is 5.69 Å². The van der Waals surface area contributed by atoms with Gasteiger partial charge >= 0.3 is 5.97 Å². The molecule has 5 heteroatoms. The van der Waals surface area contributed by atoms with Crippen molar-refractivity contribution in [3.63, 3.8) is 0 Å². The van der Waals surface area contributed by atoms with E-state index in [-0.39, 0.29) is 11.7 Å². The van der Waals surface area contributed by atoms with Crippen molar-refractivity contribution in [3.05, 3.63) is 58.7 Å². The van der Waals surface area contributed by atoms with Crippen LogP contribution in [0.5, 0.6) is 0 Å². The van der Waals surface area contributed by atoms with E-state index in [9.17, 15) is 9.59 Å². The van der Waals surface area contributed by atoms with Crippen LogP contribution < -0.4 is 5.32 Å². The van der Waals surface area contributed by atoms with Crippen molar-refractivity contribution in [2.45, 2.75) is 45.6 Å². The molecule has 138 valence electrons. The molecule has 2 aromatic carbocycles. The van der Waals surface area contributed by atoms with Crippen LogP contribution in [-0.4, -0.2) is 23.7 Å². The van der Waals surface area contributed by atoms with Gasteiger partial charge in [-0.05, 0) is 57.4 Å². The molecule has 0 bridgehead atoms. The van der Waals surface area contributed by atoms with E-state index in [0.717, 1.165) is 27.3 Å². The van der Waals surface area contributed by atoms with Crippen molar-refractivity contribution in [3.8, 4) is 0 Å². The minimum atomic E-state index is -0.846. The lowest BCUT2D eigenvalue weighted by Crippen LogP contribution is -2.31. The molecule has 0 unspecified atom stereocenters. The molecule has 4 nitrogen and oxygen atoms in total. The van der Waals surface area contributed by atoms with E-state index in [1.807, 2.05) is 58.0 Å². The molecule has 0 fully saturated rings. The van der Waals surface area contributed by atoms with Gasteiger partial charge in [0.05, 0.1) is 5.75 Å². The Morgan fingerprint density at radius 3 is 2.31 bits per heavy atom. The van der Waals surface area contributed by atoms with Gasteiger partial charge in [0.1, 0.15) is 0 Å². The Morgan fingerprint density at radius 2 is 1.69 bits per heavy atom. The number of nitrogens with one attached hydrogen (secondary N) is 1. The van der Waals surface area contributed by atoms with E-state index < -0.39 is 12.1 Å². The van der Waals surface area contributed by atoms with Crippen molar-refractivity contribution in [2.75, 3.05) is 11.1 Å². The minimum Gasteiger partial charge on any atom is -0.452 e. The molecule has 0 aromatic heterocycles. The number of carbonyl (C=O) groups excluding carboxylic acids is 2. The van der Waals surface area contributed by atoms with Gasteiger partial charge in [0.15, 0.2) is 6.10 Å². The van der Waals surface area contributed by atoms with Crippen LogP contribution in [-0.2, 0) is 14.3 Å². The third-order valence-corrected chi connectivity index (χ3v) is 5.23. The first-order valence-electron chi connectivity index (χ1n) is 8.54. The van der Waals surface area contributed by atoms with Crippen LogP contribution in [0.25, 0.3) is 0 Å². The summed E-state index contributed by atoms with van der Waals surface area (Å²) < 4.78 is 5.28. The van der Waals surface area contributed by atoms with Gasteiger partial charge in [0.2, 0.25) is 0 Å². The Morgan fingerprint density at radius 1 is 1.04 bits per heavy atom. The normalized spacial score (nSPS) is 11.7. The van der Waals surface area contributed by atoms with E-state index in [1.165, 1.54) is 17.3 Å². The molecule has 0 spiro atoms. The lowest BCUT2D eigenvalue weighted by Gasteiger charge is -2.16. The number of ether oxygens (including phenoxy) is 1. The highest BCUT2D eigenvalue weighted by Crippen LogP contribution is 2.23. The fourth-order valence-electron chi connectivity index (χ4n) is 2.62. The van der Waals surface area contributed by atoms with Crippen molar-refractivity contribution in [1.82, 2.24) is 0 Å². The standard InChI is InChI=1S/C21H25NO3S/c1-13-9-10-18(16(4)11-13)26-12-19(23)25-17(5)21(24)22-20-14(2)7-6-8-15(20)3/h6-11,17H,12H2,1-5H3,(H,22,24)/t17-/m0/s1. The monoisotopic (exact) mass is 371 g/mol. The smallest absolute Gasteiger partial charge is 0.317 e. The van der Waals surface area contributed by atoms with Gasteiger partial charge < -0.3 is 10.1 Å². The maximum Gasteiger partial charge on any atom is 0.317 e. The van der Waals surface area contributed by atoms with E-state index >= 15 is 0 Å². The zero-order valence-electron chi connectivity index (χ0n) is 15.9. The third kappa shape index (κ3) is 5.36. The Balaban J connectivity index is 1.89. The average molecular weight is 372 g/mol. The molecule has 0 saturated heterocycles. The van der Waals surface area contributed by atoms with Crippen LogP contribution in [0.2, 0.25) is 0 Å². The summed E-state index contributed by atoms with van der Waals surface area (Å²) in [7, 11) is 0. The highest BCUT2D eigenvalue weighted by atomic mass is 32.2. The first-order chi connectivity index (χ1) is 12.3. The maximum absolute atomic E-state index is 12.3. The van der Waals surface area contributed by atoms with Crippen molar-refractivity contribution >= 4 is 29.3 Å². The van der Waals surface area contributed by atoms with Gasteiger partial charge in [-0.1, -0.05) is 35.9 Å². The van der Waals surface area contributed by atoms with Crippen molar-refractivity contribution < 1.29 is 14.3 Å². The summed E-state index contributed by atoms with van der Waals surface area (Å²) in [4.78, 5) is 25.4. The summed E-state index contributed by atoms with van der Waals surface area (Å²) >= 11 is 1.42. The number of esters is 1. The molecular weight excluding hydrogens is 346 g/mol. The quantitative estimate of drug-likeness (QED) is 0.596. The lowest BCUT2D eigenvalue weighted by molar-refractivity contribution is -0.150. The number of para-hydroxylation sites is 1. The number of anilines is 1. The van der Waals surface area contributed by atoms with Crippen LogP contribution in [0.3, 0.4) is 0 Å². The Labute approximate surface area is 159 Å². The van der Waals surface area contributed by atoms with Crippen LogP contribution in [0, 0.1) is 27.7 Å². The van der Waals surface area contributed by atoms with E-state index in [0.29, 0.717) is 0 Å². The first-order valence-corrected chi connectivity index (χ1v) is 9.53. The Hall–Kier alpha value is -2.27. The molecule has 1 atom stereocenters. The van der Waals surface area contributed by atoms with Gasteiger partial charge in [-0.15, -0.1) is 11.8 Å². The predicted octanol–water partition coefficient (Wildman–Crippen LogP) is 4.58. The number of amides is 1. The van der Waals surface area contributed by atoms with Gasteiger partial charge in [-0.3, -0.25) is 9.59 Å². The summed E-state index contributed by atoms with van der Waals surface area (Å²) in [5, 5.41) is 2.85.